The lowest BCUT2D eigenvalue weighted by Crippen LogP contribution is -2.52. The van der Waals surface area contributed by atoms with E-state index in [2.05, 4.69) is 31.9 Å². The normalized spacial score (nSPS) is 27.7. The minimum absolute atomic E-state index is 0.290. The molecule has 6 heteroatoms. The third kappa shape index (κ3) is 2.20. The number of fused-ring (bicyclic) bond motifs is 1. The number of hydrogen-bond acceptors (Lipinski definition) is 5. The summed E-state index contributed by atoms with van der Waals surface area (Å²) in [5, 5.41) is 11.5. The van der Waals surface area contributed by atoms with Crippen LogP contribution in [-0.4, -0.2) is 58.1 Å². The third-order valence-electron chi connectivity index (χ3n) is 3.74. The quantitative estimate of drug-likeness (QED) is 0.749. The number of ether oxygens (including phenoxy) is 1. The van der Waals surface area contributed by atoms with Crippen molar-refractivity contribution in [1.82, 2.24) is 25.0 Å². The highest BCUT2D eigenvalue weighted by atomic mass is 16.5. The van der Waals surface area contributed by atoms with Crippen LogP contribution in [-0.2, 0) is 17.8 Å². The van der Waals surface area contributed by atoms with E-state index in [1.165, 1.54) is 0 Å². The van der Waals surface area contributed by atoms with E-state index in [0.717, 1.165) is 45.2 Å². The van der Waals surface area contributed by atoms with Gasteiger partial charge in [0.1, 0.15) is 12.2 Å². The molecule has 0 aliphatic carbocycles. The van der Waals surface area contributed by atoms with Crippen molar-refractivity contribution in [3.05, 3.63) is 12.2 Å². The molecule has 1 N–H and O–H groups in total. The van der Waals surface area contributed by atoms with Gasteiger partial charge in [-0.2, -0.15) is 0 Å². The molecule has 94 valence electrons. The molecule has 0 spiro atoms. The molecule has 2 unspecified atom stereocenters. The predicted octanol–water partition coefficient (Wildman–Crippen LogP) is -0.529. The van der Waals surface area contributed by atoms with Crippen LogP contribution < -0.4 is 5.32 Å². The fourth-order valence-electron chi connectivity index (χ4n) is 2.56. The number of nitrogens with zero attached hydrogens (tertiary/aromatic N) is 4. The van der Waals surface area contributed by atoms with Crippen molar-refractivity contribution in [2.45, 2.75) is 32.2 Å². The molecule has 1 fully saturated rings. The van der Waals surface area contributed by atoms with Crippen LogP contribution >= 0.6 is 0 Å². The van der Waals surface area contributed by atoms with Gasteiger partial charge < -0.3 is 14.6 Å². The van der Waals surface area contributed by atoms with Gasteiger partial charge in [-0.15, -0.1) is 10.2 Å². The SMILES string of the molecule is CC(C1CNCCO1)N1CCn2cnnc2C1. The van der Waals surface area contributed by atoms with Crippen molar-refractivity contribution in [1.29, 1.82) is 0 Å². The molecule has 2 atom stereocenters. The average Bonchev–Trinajstić information content (AvgIpc) is 2.86. The average molecular weight is 237 g/mol. The molecule has 2 aliphatic rings. The van der Waals surface area contributed by atoms with Gasteiger partial charge in [0.05, 0.1) is 19.3 Å². The van der Waals surface area contributed by atoms with Crippen LogP contribution in [0.4, 0.5) is 0 Å². The van der Waals surface area contributed by atoms with Crippen LogP contribution in [0.5, 0.6) is 0 Å². The summed E-state index contributed by atoms with van der Waals surface area (Å²) in [6.07, 6.45) is 2.11. The molecular weight excluding hydrogens is 218 g/mol. The van der Waals surface area contributed by atoms with Gasteiger partial charge in [0.15, 0.2) is 0 Å². The Morgan fingerprint density at radius 1 is 1.53 bits per heavy atom. The first kappa shape index (κ1) is 11.1. The van der Waals surface area contributed by atoms with E-state index in [-0.39, 0.29) is 0 Å². The minimum Gasteiger partial charge on any atom is -0.374 e. The molecule has 17 heavy (non-hydrogen) atoms. The van der Waals surface area contributed by atoms with Crippen LogP contribution in [0.2, 0.25) is 0 Å². The monoisotopic (exact) mass is 237 g/mol. The summed E-state index contributed by atoms with van der Waals surface area (Å²) >= 11 is 0. The summed E-state index contributed by atoms with van der Waals surface area (Å²) in [5.41, 5.74) is 0. The Balaban J connectivity index is 1.65. The summed E-state index contributed by atoms with van der Waals surface area (Å²) in [7, 11) is 0. The zero-order chi connectivity index (χ0) is 11.7. The van der Waals surface area contributed by atoms with Gasteiger partial charge in [-0.1, -0.05) is 0 Å². The summed E-state index contributed by atoms with van der Waals surface area (Å²) in [6.45, 7) is 7.88. The van der Waals surface area contributed by atoms with E-state index < -0.39 is 0 Å². The van der Waals surface area contributed by atoms with E-state index in [0.29, 0.717) is 12.1 Å². The van der Waals surface area contributed by atoms with Gasteiger partial charge in [-0.25, -0.2) is 0 Å². The zero-order valence-electron chi connectivity index (χ0n) is 10.2. The molecule has 6 nitrogen and oxygen atoms in total. The van der Waals surface area contributed by atoms with Crippen molar-refractivity contribution in [3.63, 3.8) is 0 Å². The maximum Gasteiger partial charge on any atom is 0.147 e. The molecule has 0 saturated carbocycles. The predicted molar refractivity (Wildman–Crippen MR) is 62.5 cm³/mol. The first-order valence-electron chi connectivity index (χ1n) is 6.27. The molecule has 3 heterocycles. The Hall–Kier alpha value is -0.980. The molecule has 0 bridgehead atoms. The highest BCUT2D eigenvalue weighted by Gasteiger charge is 2.28. The molecule has 1 aromatic heterocycles. The van der Waals surface area contributed by atoms with Crippen molar-refractivity contribution in [2.24, 2.45) is 0 Å². The van der Waals surface area contributed by atoms with Gasteiger partial charge in [-0.05, 0) is 6.92 Å². The first-order valence-corrected chi connectivity index (χ1v) is 6.27. The highest BCUT2D eigenvalue weighted by Crippen LogP contribution is 2.16. The number of hydrogen-bond donors (Lipinski definition) is 1. The molecular formula is C11H19N5O. The number of morpholine rings is 1. The van der Waals surface area contributed by atoms with Gasteiger partial charge >= 0.3 is 0 Å². The van der Waals surface area contributed by atoms with Crippen LogP contribution in [0, 0.1) is 0 Å². The highest BCUT2D eigenvalue weighted by molar-refractivity contribution is 4.93. The Morgan fingerprint density at radius 3 is 3.29 bits per heavy atom. The largest absolute Gasteiger partial charge is 0.374 e. The molecule has 0 amide bonds. The smallest absolute Gasteiger partial charge is 0.147 e. The molecule has 1 aromatic rings. The second-order valence-corrected chi connectivity index (χ2v) is 4.77. The number of nitrogens with one attached hydrogen (secondary N) is 1. The lowest BCUT2D eigenvalue weighted by Gasteiger charge is -2.38. The van der Waals surface area contributed by atoms with Crippen LogP contribution in [0.15, 0.2) is 6.33 Å². The Kier molecular flexibility index (Phi) is 3.09. The Bertz CT molecular complexity index is 374. The summed E-state index contributed by atoms with van der Waals surface area (Å²) in [4.78, 5) is 2.43. The van der Waals surface area contributed by atoms with E-state index in [9.17, 15) is 0 Å². The maximum absolute atomic E-state index is 5.82. The molecule has 3 rings (SSSR count). The minimum atomic E-state index is 0.290. The van der Waals surface area contributed by atoms with E-state index in [1.807, 2.05) is 6.33 Å². The van der Waals surface area contributed by atoms with Crippen molar-refractivity contribution >= 4 is 0 Å². The van der Waals surface area contributed by atoms with Crippen molar-refractivity contribution in [3.8, 4) is 0 Å². The standard InChI is InChI=1S/C11H19N5O/c1-9(10-6-12-2-5-17-10)15-3-4-16-8-13-14-11(16)7-15/h8-10,12H,2-7H2,1H3. The van der Waals surface area contributed by atoms with E-state index >= 15 is 0 Å². The van der Waals surface area contributed by atoms with Gasteiger partial charge in [0.2, 0.25) is 0 Å². The lowest BCUT2D eigenvalue weighted by molar-refractivity contribution is -0.0328. The van der Waals surface area contributed by atoms with E-state index in [4.69, 9.17) is 4.74 Å². The second kappa shape index (κ2) is 4.72. The molecule has 0 radical (unpaired) electrons. The maximum atomic E-state index is 5.82. The summed E-state index contributed by atoms with van der Waals surface area (Å²) < 4.78 is 7.94. The Labute approximate surface area is 101 Å². The second-order valence-electron chi connectivity index (χ2n) is 4.77. The van der Waals surface area contributed by atoms with Crippen molar-refractivity contribution < 1.29 is 4.74 Å². The molecule has 0 aromatic carbocycles. The van der Waals surface area contributed by atoms with Crippen LogP contribution in [0.3, 0.4) is 0 Å². The van der Waals surface area contributed by atoms with Crippen LogP contribution in [0.1, 0.15) is 12.7 Å². The summed E-state index contributed by atoms with van der Waals surface area (Å²) in [6, 6.07) is 0.424. The Morgan fingerprint density at radius 2 is 2.47 bits per heavy atom. The number of aromatic nitrogens is 3. The van der Waals surface area contributed by atoms with Gasteiger partial charge in [0.25, 0.3) is 0 Å². The van der Waals surface area contributed by atoms with Gasteiger partial charge in [-0.3, -0.25) is 4.90 Å². The van der Waals surface area contributed by atoms with E-state index in [1.54, 1.807) is 0 Å². The topological polar surface area (TPSA) is 55.2 Å². The number of rotatable bonds is 2. The molecule has 1 saturated heterocycles. The fourth-order valence-corrected chi connectivity index (χ4v) is 2.56. The van der Waals surface area contributed by atoms with Crippen molar-refractivity contribution in [2.75, 3.05) is 26.2 Å². The third-order valence-corrected chi connectivity index (χ3v) is 3.74. The lowest BCUT2D eigenvalue weighted by atomic mass is 10.1. The molecule has 2 aliphatic heterocycles. The van der Waals surface area contributed by atoms with Crippen LogP contribution in [0.25, 0.3) is 0 Å². The zero-order valence-corrected chi connectivity index (χ0v) is 10.2. The fraction of sp³-hybridized carbons (Fsp3) is 0.818. The first-order chi connectivity index (χ1) is 8.34. The van der Waals surface area contributed by atoms with Gasteiger partial charge in [0, 0.05) is 32.2 Å². The summed E-state index contributed by atoms with van der Waals surface area (Å²) in [5.74, 6) is 1.06.